The Kier molecular flexibility index (Phi) is 3.08. The average Bonchev–Trinajstić information content (AvgIpc) is 3.01. The summed E-state index contributed by atoms with van der Waals surface area (Å²) in [6.45, 7) is 0. The van der Waals surface area contributed by atoms with Crippen LogP contribution in [0.15, 0.2) is 29.1 Å². The van der Waals surface area contributed by atoms with Crippen molar-refractivity contribution >= 4 is 33.8 Å². The molecule has 0 radical (unpaired) electrons. The van der Waals surface area contributed by atoms with E-state index >= 15 is 0 Å². The summed E-state index contributed by atoms with van der Waals surface area (Å²) in [5.74, 6) is 0.679. The highest BCUT2D eigenvalue weighted by Gasteiger charge is 2.22. The molecular formula is C14H13N5S2. The van der Waals surface area contributed by atoms with Gasteiger partial charge in [0.15, 0.2) is 5.13 Å². The molecule has 106 valence electrons. The van der Waals surface area contributed by atoms with Gasteiger partial charge in [0.05, 0.1) is 16.3 Å². The molecule has 1 fully saturated rings. The zero-order valence-electron chi connectivity index (χ0n) is 11.1. The summed E-state index contributed by atoms with van der Waals surface area (Å²) in [4.78, 5) is 14.3. The standard InChI is InChI=1S/C14H13N5S2/c15-13-19-11(8-4-6-20-7-8)12(21-13)10-3-5-16-14(18-10)17-9-1-2-9/h3-7,9H,1-2H2,(H2,15,19)(H,16,17,18). The zero-order valence-corrected chi connectivity index (χ0v) is 12.7. The summed E-state index contributed by atoms with van der Waals surface area (Å²) in [6.07, 6.45) is 4.17. The van der Waals surface area contributed by atoms with Crippen molar-refractivity contribution in [3.63, 3.8) is 0 Å². The van der Waals surface area contributed by atoms with Crippen molar-refractivity contribution in [3.05, 3.63) is 29.1 Å². The highest BCUT2D eigenvalue weighted by Crippen LogP contribution is 2.38. The van der Waals surface area contributed by atoms with Crippen LogP contribution < -0.4 is 11.1 Å². The molecule has 3 aromatic heterocycles. The number of nitrogen functional groups attached to an aromatic ring is 1. The lowest BCUT2D eigenvalue weighted by atomic mass is 10.2. The van der Waals surface area contributed by atoms with E-state index in [9.17, 15) is 0 Å². The number of thiazole rings is 1. The molecule has 7 heteroatoms. The number of thiophene rings is 1. The number of hydrogen-bond acceptors (Lipinski definition) is 7. The van der Waals surface area contributed by atoms with E-state index in [1.165, 1.54) is 24.2 Å². The second-order valence-electron chi connectivity index (χ2n) is 4.93. The van der Waals surface area contributed by atoms with E-state index in [-0.39, 0.29) is 0 Å². The normalized spacial score (nSPS) is 14.3. The predicted molar refractivity (Wildman–Crippen MR) is 87.5 cm³/mol. The second kappa shape index (κ2) is 5.09. The number of nitrogens with one attached hydrogen (secondary N) is 1. The van der Waals surface area contributed by atoms with Crippen LogP contribution in [-0.4, -0.2) is 21.0 Å². The van der Waals surface area contributed by atoms with Gasteiger partial charge in [0.25, 0.3) is 0 Å². The molecule has 0 spiro atoms. The van der Waals surface area contributed by atoms with E-state index in [1.54, 1.807) is 17.5 Å². The Labute approximate surface area is 129 Å². The number of nitrogens with two attached hydrogens (primary N) is 1. The molecule has 0 aliphatic heterocycles. The molecule has 5 nitrogen and oxygen atoms in total. The molecule has 21 heavy (non-hydrogen) atoms. The topological polar surface area (TPSA) is 76.7 Å². The van der Waals surface area contributed by atoms with E-state index in [0.29, 0.717) is 17.1 Å². The van der Waals surface area contributed by atoms with Gasteiger partial charge in [-0.2, -0.15) is 11.3 Å². The van der Waals surface area contributed by atoms with Gasteiger partial charge >= 0.3 is 0 Å². The van der Waals surface area contributed by atoms with Crippen molar-refractivity contribution < 1.29 is 0 Å². The Morgan fingerprint density at radius 1 is 1.24 bits per heavy atom. The quantitative estimate of drug-likeness (QED) is 0.770. The van der Waals surface area contributed by atoms with Gasteiger partial charge in [-0.3, -0.25) is 0 Å². The van der Waals surface area contributed by atoms with Crippen LogP contribution in [0.3, 0.4) is 0 Å². The minimum absolute atomic E-state index is 0.531. The number of rotatable bonds is 4. The van der Waals surface area contributed by atoms with Crippen molar-refractivity contribution in [1.82, 2.24) is 15.0 Å². The third-order valence-corrected chi connectivity index (χ3v) is 4.83. The van der Waals surface area contributed by atoms with Gasteiger partial charge in [0.2, 0.25) is 5.95 Å². The first-order valence-electron chi connectivity index (χ1n) is 6.68. The molecule has 0 atom stereocenters. The summed E-state index contributed by atoms with van der Waals surface area (Å²) >= 11 is 3.11. The highest BCUT2D eigenvalue weighted by molar-refractivity contribution is 7.19. The first-order chi connectivity index (χ1) is 10.3. The maximum Gasteiger partial charge on any atom is 0.223 e. The van der Waals surface area contributed by atoms with Gasteiger partial charge in [-0.15, -0.1) is 0 Å². The predicted octanol–water partition coefficient (Wildman–Crippen LogP) is 3.49. The first-order valence-corrected chi connectivity index (χ1v) is 8.44. The van der Waals surface area contributed by atoms with Gasteiger partial charge in [-0.1, -0.05) is 11.3 Å². The third kappa shape index (κ3) is 2.62. The molecular weight excluding hydrogens is 302 g/mol. The number of anilines is 2. The lowest BCUT2D eigenvalue weighted by Gasteiger charge is -2.04. The van der Waals surface area contributed by atoms with Crippen LogP contribution in [0, 0.1) is 0 Å². The molecule has 1 aliphatic rings. The van der Waals surface area contributed by atoms with Crippen LogP contribution in [0.1, 0.15) is 12.8 Å². The lowest BCUT2D eigenvalue weighted by Crippen LogP contribution is -2.05. The molecule has 3 aromatic rings. The number of nitrogens with zero attached hydrogens (tertiary/aromatic N) is 3. The van der Waals surface area contributed by atoms with Crippen LogP contribution in [-0.2, 0) is 0 Å². The maximum absolute atomic E-state index is 5.90. The van der Waals surface area contributed by atoms with E-state index in [0.717, 1.165) is 21.8 Å². The van der Waals surface area contributed by atoms with E-state index < -0.39 is 0 Å². The summed E-state index contributed by atoms with van der Waals surface area (Å²) in [5.41, 5.74) is 8.75. The van der Waals surface area contributed by atoms with Gasteiger partial charge in [-0.25, -0.2) is 15.0 Å². The van der Waals surface area contributed by atoms with Crippen LogP contribution in [0.5, 0.6) is 0 Å². The zero-order chi connectivity index (χ0) is 14.2. The fourth-order valence-corrected chi connectivity index (χ4v) is 3.54. The SMILES string of the molecule is Nc1nc(-c2ccsc2)c(-c2ccnc(NC3CC3)n2)s1. The Hall–Kier alpha value is -1.99. The van der Waals surface area contributed by atoms with Crippen molar-refractivity contribution in [2.75, 3.05) is 11.1 Å². The Morgan fingerprint density at radius 2 is 2.14 bits per heavy atom. The minimum atomic E-state index is 0.531. The van der Waals surface area contributed by atoms with Gasteiger partial charge < -0.3 is 11.1 Å². The van der Waals surface area contributed by atoms with Crippen LogP contribution in [0.2, 0.25) is 0 Å². The number of aromatic nitrogens is 3. The van der Waals surface area contributed by atoms with Crippen LogP contribution >= 0.6 is 22.7 Å². The summed E-state index contributed by atoms with van der Waals surface area (Å²) in [6, 6.07) is 4.48. The smallest absolute Gasteiger partial charge is 0.223 e. The molecule has 4 rings (SSSR count). The lowest BCUT2D eigenvalue weighted by molar-refractivity contribution is 1.06. The molecule has 0 saturated heterocycles. The van der Waals surface area contributed by atoms with Crippen molar-refractivity contribution in [1.29, 1.82) is 0 Å². The molecule has 1 aliphatic carbocycles. The van der Waals surface area contributed by atoms with Gasteiger partial charge in [0.1, 0.15) is 0 Å². The summed E-state index contributed by atoms with van der Waals surface area (Å²) in [5, 5.41) is 7.99. The Balaban J connectivity index is 1.75. The third-order valence-electron chi connectivity index (χ3n) is 3.24. The van der Waals surface area contributed by atoms with Crippen LogP contribution in [0.25, 0.3) is 21.8 Å². The fourth-order valence-electron chi connectivity index (χ4n) is 2.07. The molecule has 1 saturated carbocycles. The van der Waals surface area contributed by atoms with Crippen molar-refractivity contribution in [2.45, 2.75) is 18.9 Å². The molecule has 0 unspecified atom stereocenters. The molecule has 0 amide bonds. The average molecular weight is 315 g/mol. The largest absolute Gasteiger partial charge is 0.375 e. The first kappa shape index (κ1) is 12.7. The summed E-state index contributed by atoms with van der Waals surface area (Å²) < 4.78 is 0. The minimum Gasteiger partial charge on any atom is -0.375 e. The maximum atomic E-state index is 5.90. The molecule has 0 aromatic carbocycles. The van der Waals surface area contributed by atoms with Gasteiger partial charge in [-0.05, 0) is 30.4 Å². The highest BCUT2D eigenvalue weighted by atomic mass is 32.1. The van der Waals surface area contributed by atoms with E-state index in [2.05, 4.69) is 25.6 Å². The Bertz CT molecular complexity index is 762. The summed E-state index contributed by atoms with van der Waals surface area (Å²) in [7, 11) is 0. The van der Waals surface area contributed by atoms with E-state index in [1.807, 2.05) is 17.5 Å². The second-order valence-corrected chi connectivity index (χ2v) is 6.74. The molecule has 0 bridgehead atoms. The monoisotopic (exact) mass is 315 g/mol. The van der Waals surface area contributed by atoms with Crippen molar-refractivity contribution in [2.24, 2.45) is 0 Å². The number of hydrogen-bond donors (Lipinski definition) is 2. The van der Waals surface area contributed by atoms with E-state index in [4.69, 9.17) is 5.73 Å². The van der Waals surface area contributed by atoms with Crippen LogP contribution in [0.4, 0.5) is 11.1 Å². The fraction of sp³-hybridized carbons (Fsp3) is 0.214. The molecule has 3 N–H and O–H groups in total. The van der Waals surface area contributed by atoms with Crippen molar-refractivity contribution in [3.8, 4) is 21.8 Å². The molecule has 3 heterocycles. The Morgan fingerprint density at radius 3 is 2.90 bits per heavy atom. The van der Waals surface area contributed by atoms with Gasteiger partial charge in [0, 0.05) is 23.2 Å².